The zero-order chi connectivity index (χ0) is 28.0. The fraction of sp³-hybridized carbons (Fsp3) is 0.368. The van der Waals surface area contributed by atoms with Crippen molar-refractivity contribution in [2.45, 2.75) is 90.9 Å². The summed E-state index contributed by atoms with van der Waals surface area (Å²) in [6, 6.07) is 33.9. The minimum Gasteiger partial charge on any atom is -0.206 e. The molecule has 2 aliphatic carbocycles. The maximum atomic E-state index is 3.67. The second kappa shape index (κ2) is 15.7. The molecule has 0 radical (unpaired) electrons. The maximum Gasteiger partial charge on any atom is -0.0623 e. The molecule has 3 heteroatoms. The second-order valence-electron chi connectivity index (χ2n) is 13.0. The first-order chi connectivity index (χ1) is 18.5. The molecular formula is C38H44Cl2Zr-2. The van der Waals surface area contributed by atoms with Crippen molar-refractivity contribution in [3.63, 3.8) is 0 Å². The van der Waals surface area contributed by atoms with E-state index < -0.39 is 0 Å². The van der Waals surface area contributed by atoms with Gasteiger partial charge in [0.2, 0.25) is 0 Å². The van der Waals surface area contributed by atoms with E-state index in [0.29, 0.717) is 0 Å². The van der Waals surface area contributed by atoms with Gasteiger partial charge in [0.1, 0.15) is 0 Å². The predicted molar refractivity (Wildman–Crippen MR) is 166 cm³/mol. The van der Waals surface area contributed by atoms with Gasteiger partial charge in [0.15, 0.2) is 0 Å². The Balaban J connectivity index is 0.000000246. The summed E-state index contributed by atoms with van der Waals surface area (Å²) in [5, 5.41) is 0. The molecule has 4 aromatic rings. The van der Waals surface area contributed by atoms with Gasteiger partial charge in [-0.05, 0) is 28.4 Å². The Kier molecular flexibility index (Phi) is 13.6. The molecule has 1 fully saturated rings. The van der Waals surface area contributed by atoms with Crippen LogP contribution in [0.1, 0.15) is 95.9 Å². The van der Waals surface area contributed by atoms with Gasteiger partial charge in [0, 0.05) is 0 Å². The third kappa shape index (κ3) is 9.95. The van der Waals surface area contributed by atoms with Crippen molar-refractivity contribution in [2.75, 3.05) is 0 Å². The van der Waals surface area contributed by atoms with Gasteiger partial charge < -0.3 is 24.8 Å². The summed E-state index contributed by atoms with van der Waals surface area (Å²) in [6.45, 7) is 13.6. The summed E-state index contributed by atoms with van der Waals surface area (Å²) in [4.78, 5) is 0. The van der Waals surface area contributed by atoms with Gasteiger partial charge in [-0.2, -0.15) is 47.5 Å². The van der Waals surface area contributed by atoms with Crippen LogP contribution in [-0.2, 0) is 41.5 Å². The SMILES string of the molecule is CC(C)(C)c1[c-]c2c(cc1)-c1ccc(C(C)(C)C)cc1C2.[Cl-].[Cl-].[Zr+2]=[C]1CCCCC1.c1ccc(-c2cc[cH-]c2)cc1. The summed E-state index contributed by atoms with van der Waals surface area (Å²) in [5.41, 5.74) is 11.3. The van der Waals surface area contributed by atoms with Crippen LogP contribution in [0.4, 0.5) is 0 Å². The van der Waals surface area contributed by atoms with Crippen molar-refractivity contribution < 1.29 is 49.0 Å². The van der Waals surface area contributed by atoms with E-state index in [0.717, 1.165) is 6.42 Å². The number of rotatable bonds is 1. The van der Waals surface area contributed by atoms with Gasteiger partial charge in [-0.25, -0.2) is 6.07 Å². The van der Waals surface area contributed by atoms with Gasteiger partial charge >= 0.3 is 59.5 Å². The van der Waals surface area contributed by atoms with Crippen LogP contribution in [0, 0.1) is 6.07 Å². The van der Waals surface area contributed by atoms with Crippen LogP contribution in [0.3, 0.4) is 0 Å². The van der Waals surface area contributed by atoms with E-state index in [4.69, 9.17) is 0 Å². The van der Waals surface area contributed by atoms with Crippen LogP contribution >= 0.6 is 0 Å². The smallest absolute Gasteiger partial charge is 0.0623 e. The molecule has 0 aliphatic heterocycles. The largest absolute Gasteiger partial charge is 0.206 e. The molecule has 0 amide bonds. The molecule has 216 valence electrons. The molecule has 2 aliphatic rings. The third-order valence-corrected chi connectivity index (χ3v) is 8.92. The molecule has 0 atom stereocenters. The van der Waals surface area contributed by atoms with E-state index >= 15 is 0 Å². The Morgan fingerprint density at radius 3 is 1.90 bits per heavy atom. The number of fused-ring (bicyclic) bond motifs is 3. The van der Waals surface area contributed by atoms with Crippen LogP contribution in [0.25, 0.3) is 22.3 Å². The van der Waals surface area contributed by atoms with Gasteiger partial charge in [0.05, 0.1) is 0 Å². The van der Waals surface area contributed by atoms with Crippen molar-refractivity contribution >= 4 is 3.21 Å². The van der Waals surface area contributed by atoms with Crippen molar-refractivity contribution in [1.82, 2.24) is 0 Å². The van der Waals surface area contributed by atoms with Crippen molar-refractivity contribution in [3.05, 3.63) is 113 Å². The minimum absolute atomic E-state index is 0. The molecule has 0 spiro atoms. The topological polar surface area (TPSA) is 0 Å². The Morgan fingerprint density at radius 1 is 0.707 bits per heavy atom. The molecule has 0 aromatic heterocycles. The quantitative estimate of drug-likeness (QED) is 0.234. The van der Waals surface area contributed by atoms with Crippen molar-refractivity contribution in [3.8, 4) is 22.3 Å². The second-order valence-corrected chi connectivity index (χ2v) is 14.8. The number of hydrogen-bond acceptors (Lipinski definition) is 0. The molecule has 0 heterocycles. The molecule has 0 bridgehead atoms. The first-order valence-electron chi connectivity index (χ1n) is 14.6. The number of hydrogen-bond donors (Lipinski definition) is 0. The predicted octanol–water partition coefficient (Wildman–Crippen LogP) is 4.40. The Morgan fingerprint density at radius 2 is 1.37 bits per heavy atom. The van der Waals surface area contributed by atoms with Crippen LogP contribution < -0.4 is 24.8 Å². The first-order valence-corrected chi connectivity index (χ1v) is 15.8. The Labute approximate surface area is 276 Å². The molecule has 4 aromatic carbocycles. The Hall–Kier alpha value is -1.66. The van der Waals surface area contributed by atoms with Gasteiger partial charge in [-0.3, -0.25) is 0 Å². The van der Waals surface area contributed by atoms with Crippen LogP contribution in [0.2, 0.25) is 0 Å². The van der Waals surface area contributed by atoms with Gasteiger partial charge in [-0.1, -0.05) is 101 Å². The zero-order valence-corrected chi connectivity index (χ0v) is 29.6. The van der Waals surface area contributed by atoms with Crippen molar-refractivity contribution in [1.29, 1.82) is 0 Å². The van der Waals surface area contributed by atoms with E-state index in [-0.39, 0.29) is 35.6 Å². The third-order valence-electron chi connectivity index (χ3n) is 7.69. The van der Waals surface area contributed by atoms with Crippen molar-refractivity contribution in [2.24, 2.45) is 0 Å². The van der Waals surface area contributed by atoms with E-state index in [1.165, 1.54) is 76.6 Å². The fourth-order valence-electron chi connectivity index (χ4n) is 5.20. The number of benzene rings is 3. The molecule has 0 saturated heterocycles. The molecule has 41 heavy (non-hydrogen) atoms. The molecule has 6 rings (SSSR count). The minimum atomic E-state index is 0. The maximum absolute atomic E-state index is 3.67. The average molecular weight is 663 g/mol. The summed E-state index contributed by atoms with van der Waals surface area (Å²) < 4.78 is 1.80. The van der Waals surface area contributed by atoms with Crippen LogP contribution in [0.15, 0.2) is 84.9 Å². The van der Waals surface area contributed by atoms with E-state index in [1.54, 1.807) is 27.4 Å². The molecule has 1 saturated carbocycles. The van der Waals surface area contributed by atoms with Gasteiger partial charge in [-0.15, -0.1) is 11.1 Å². The molecular weight excluding hydrogens is 619 g/mol. The summed E-state index contributed by atoms with van der Waals surface area (Å²) in [7, 11) is 0. The van der Waals surface area contributed by atoms with E-state index in [2.05, 4.69) is 126 Å². The summed E-state index contributed by atoms with van der Waals surface area (Å²) in [6.07, 6.45) is 8.34. The molecule has 0 N–H and O–H groups in total. The van der Waals surface area contributed by atoms with E-state index in [1.807, 2.05) is 6.07 Å². The van der Waals surface area contributed by atoms with E-state index in [9.17, 15) is 0 Å². The Bertz CT molecular complexity index is 1300. The molecule has 0 nitrogen and oxygen atoms in total. The first kappa shape index (κ1) is 35.5. The zero-order valence-electron chi connectivity index (χ0n) is 25.6. The van der Waals surface area contributed by atoms with Crippen LogP contribution in [0.5, 0.6) is 0 Å². The fourth-order valence-corrected chi connectivity index (χ4v) is 6.07. The summed E-state index contributed by atoms with van der Waals surface area (Å²) in [5.74, 6) is 0. The monoisotopic (exact) mass is 660 g/mol. The van der Waals surface area contributed by atoms with Crippen LogP contribution in [-0.4, -0.2) is 3.21 Å². The molecule has 0 unspecified atom stereocenters. The normalized spacial score (nSPS) is 13.7. The van der Waals surface area contributed by atoms with Gasteiger partial charge in [0.25, 0.3) is 0 Å². The standard InChI is InChI=1S/C21H25.C11H9.C6H10.2ClH.Zr/c1-20(2,3)16-7-9-18-14(12-16)11-15-13-17(21(4,5)6)8-10-19(15)18;1-2-6-10(7-3-1)11-8-4-5-9-11;1-2-4-6-5-3-1;;;/h7-10,12H,11H2,1-6H3;1-9H;1-5H2;2*1H;/q2*-1;;;;+2/p-2. The summed E-state index contributed by atoms with van der Waals surface area (Å²) >= 11 is 1.69. The average Bonchev–Trinajstić information content (AvgIpc) is 3.57. The number of halogens is 2.